The van der Waals surface area contributed by atoms with Crippen molar-refractivity contribution in [3.63, 3.8) is 0 Å². The smallest absolute Gasteiger partial charge is 0.183 e. The molecular formula is C23H28N4S. The zero-order valence-corrected chi connectivity index (χ0v) is 17.8. The van der Waals surface area contributed by atoms with Gasteiger partial charge >= 0.3 is 0 Å². The van der Waals surface area contributed by atoms with Crippen LogP contribution in [0, 0.1) is 17.8 Å². The topological polar surface area (TPSA) is 43.1 Å². The van der Waals surface area contributed by atoms with Crippen LogP contribution in [0.2, 0.25) is 0 Å². The van der Waals surface area contributed by atoms with Gasteiger partial charge in [-0.2, -0.15) is 9.61 Å². The molecule has 5 heteroatoms. The third-order valence-corrected chi connectivity index (χ3v) is 8.64. The van der Waals surface area contributed by atoms with Crippen LogP contribution in [0.5, 0.6) is 0 Å². The van der Waals surface area contributed by atoms with E-state index in [1.54, 1.807) is 11.3 Å². The van der Waals surface area contributed by atoms with Gasteiger partial charge in [-0.05, 0) is 67.3 Å². The van der Waals surface area contributed by atoms with E-state index in [4.69, 9.17) is 5.10 Å². The van der Waals surface area contributed by atoms with Gasteiger partial charge in [-0.3, -0.25) is 0 Å². The van der Waals surface area contributed by atoms with Gasteiger partial charge in [0.1, 0.15) is 5.01 Å². The lowest BCUT2D eigenvalue weighted by Gasteiger charge is -2.55. The minimum absolute atomic E-state index is 0.158. The number of fused-ring (bicyclic) bond motifs is 1. The fourth-order valence-corrected chi connectivity index (χ4v) is 7.56. The summed E-state index contributed by atoms with van der Waals surface area (Å²) in [6, 6.07) is 8.76. The van der Waals surface area contributed by atoms with Crippen LogP contribution in [-0.4, -0.2) is 19.8 Å². The van der Waals surface area contributed by atoms with Crippen LogP contribution in [0.1, 0.15) is 69.9 Å². The van der Waals surface area contributed by atoms with E-state index in [1.807, 2.05) is 4.52 Å². The van der Waals surface area contributed by atoms with Gasteiger partial charge in [0.15, 0.2) is 5.82 Å². The summed E-state index contributed by atoms with van der Waals surface area (Å²) in [6.45, 7) is 6.74. The predicted octanol–water partition coefficient (Wildman–Crippen LogP) is 5.62. The number of aromatic nitrogens is 4. The zero-order chi connectivity index (χ0) is 19.1. The molecule has 0 amide bonds. The molecule has 0 N–H and O–H groups in total. The summed E-state index contributed by atoms with van der Waals surface area (Å²) in [7, 11) is 0. The highest BCUT2D eigenvalue weighted by molar-refractivity contribution is 7.16. The predicted molar refractivity (Wildman–Crippen MR) is 113 cm³/mol. The molecule has 4 nitrogen and oxygen atoms in total. The molecule has 7 rings (SSSR count). The molecule has 3 aromatic rings. The van der Waals surface area contributed by atoms with Crippen molar-refractivity contribution < 1.29 is 0 Å². The minimum atomic E-state index is 0.158. The third kappa shape index (κ3) is 2.51. The molecule has 0 aliphatic heterocycles. The number of hydrogen-bond acceptors (Lipinski definition) is 4. The lowest BCUT2D eigenvalue weighted by Crippen LogP contribution is -2.48. The van der Waals surface area contributed by atoms with Crippen molar-refractivity contribution in [1.29, 1.82) is 0 Å². The Hall–Kier alpha value is -1.75. The molecule has 1 aromatic carbocycles. The van der Waals surface area contributed by atoms with E-state index in [0.717, 1.165) is 34.1 Å². The van der Waals surface area contributed by atoms with Crippen LogP contribution in [0.3, 0.4) is 0 Å². The van der Waals surface area contributed by atoms with E-state index in [-0.39, 0.29) is 5.41 Å². The van der Waals surface area contributed by atoms with Crippen molar-refractivity contribution >= 4 is 16.3 Å². The largest absolute Gasteiger partial charge is 0.234 e. The maximum absolute atomic E-state index is 5.12. The standard InChI is InChI=1S/C23H28N4S/c1-22(2,3)18-6-4-17(5-7-18)19-24-25-21-27(19)26-20(28-21)23-11-14-8-15(12-23)10-16(9-14)13-23/h4-7,14-16H,8-13H2,1-3H3. The fraction of sp³-hybridized carbons (Fsp3) is 0.609. The quantitative estimate of drug-likeness (QED) is 0.568. The molecule has 0 atom stereocenters. The van der Waals surface area contributed by atoms with E-state index in [1.165, 1.54) is 49.1 Å². The summed E-state index contributed by atoms with van der Waals surface area (Å²) < 4.78 is 2.00. The molecule has 4 saturated carbocycles. The Labute approximate surface area is 170 Å². The van der Waals surface area contributed by atoms with Gasteiger partial charge in [-0.1, -0.05) is 56.4 Å². The van der Waals surface area contributed by atoms with Gasteiger partial charge in [0.2, 0.25) is 4.96 Å². The monoisotopic (exact) mass is 392 g/mol. The maximum Gasteiger partial charge on any atom is 0.234 e. The van der Waals surface area contributed by atoms with Crippen molar-refractivity contribution in [3.8, 4) is 11.4 Å². The van der Waals surface area contributed by atoms with E-state index >= 15 is 0 Å². The first-order valence-electron chi connectivity index (χ1n) is 10.7. The molecule has 0 spiro atoms. The summed E-state index contributed by atoms with van der Waals surface area (Å²) in [5.41, 5.74) is 2.92. The molecule has 146 valence electrons. The minimum Gasteiger partial charge on any atom is -0.183 e. The van der Waals surface area contributed by atoms with Crippen LogP contribution in [0.4, 0.5) is 0 Å². The van der Waals surface area contributed by atoms with Crippen LogP contribution in [-0.2, 0) is 10.8 Å². The van der Waals surface area contributed by atoms with Gasteiger partial charge in [-0.15, -0.1) is 10.2 Å². The fourth-order valence-electron chi connectivity index (χ4n) is 6.50. The highest BCUT2D eigenvalue weighted by Crippen LogP contribution is 2.61. The van der Waals surface area contributed by atoms with Gasteiger partial charge < -0.3 is 0 Å². The summed E-state index contributed by atoms with van der Waals surface area (Å²) in [5.74, 6) is 3.68. The molecule has 4 bridgehead atoms. The molecule has 4 aliphatic carbocycles. The Kier molecular flexibility index (Phi) is 3.46. The first-order valence-corrected chi connectivity index (χ1v) is 11.5. The number of nitrogens with zero attached hydrogens (tertiary/aromatic N) is 4. The van der Waals surface area contributed by atoms with Gasteiger partial charge in [-0.25, -0.2) is 0 Å². The van der Waals surface area contributed by atoms with Gasteiger partial charge in [0.25, 0.3) is 0 Å². The number of hydrogen-bond donors (Lipinski definition) is 0. The summed E-state index contributed by atoms with van der Waals surface area (Å²) in [5, 5.41) is 15.4. The van der Waals surface area contributed by atoms with Crippen molar-refractivity contribution in [2.75, 3.05) is 0 Å². The first kappa shape index (κ1) is 17.1. The lowest BCUT2D eigenvalue weighted by atomic mass is 9.50. The Morgan fingerprint density at radius 1 is 0.929 bits per heavy atom. The molecule has 0 saturated heterocycles. The second-order valence-corrected chi connectivity index (χ2v) is 11.6. The molecule has 2 heterocycles. The normalized spacial score (nSPS) is 31.8. The summed E-state index contributed by atoms with van der Waals surface area (Å²) in [4.78, 5) is 0.945. The highest BCUT2D eigenvalue weighted by atomic mass is 32.1. The van der Waals surface area contributed by atoms with Crippen LogP contribution in [0.15, 0.2) is 24.3 Å². The van der Waals surface area contributed by atoms with Gasteiger partial charge in [0, 0.05) is 11.0 Å². The lowest BCUT2D eigenvalue weighted by molar-refractivity contribution is -0.00565. The molecule has 4 aliphatic rings. The Balaban J connectivity index is 1.39. The van der Waals surface area contributed by atoms with Crippen LogP contribution < -0.4 is 0 Å². The number of benzene rings is 1. The van der Waals surface area contributed by atoms with Crippen LogP contribution in [0.25, 0.3) is 16.3 Å². The highest BCUT2D eigenvalue weighted by Gasteiger charge is 2.53. The molecule has 0 radical (unpaired) electrons. The summed E-state index contributed by atoms with van der Waals surface area (Å²) >= 11 is 1.79. The first-order chi connectivity index (χ1) is 13.4. The van der Waals surface area contributed by atoms with Crippen molar-refractivity contribution in [1.82, 2.24) is 19.8 Å². The SMILES string of the molecule is CC(C)(C)c1ccc(-c2nnc3sc(C45CC6CC(CC(C6)C4)C5)nn23)cc1. The average Bonchev–Trinajstić information content (AvgIpc) is 3.21. The Morgan fingerprint density at radius 2 is 1.54 bits per heavy atom. The van der Waals surface area contributed by atoms with Crippen LogP contribution >= 0.6 is 11.3 Å². The molecule has 28 heavy (non-hydrogen) atoms. The van der Waals surface area contributed by atoms with Gasteiger partial charge in [0.05, 0.1) is 0 Å². The molecule has 4 fully saturated rings. The third-order valence-electron chi connectivity index (χ3n) is 7.49. The Bertz CT molecular complexity index is 1000. The molecule has 0 unspecified atom stereocenters. The zero-order valence-electron chi connectivity index (χ0n) is 17.0. The van der Waals surface area contributed by atoms with E-state index in [2.05, 4.69) is 55.2 Å². The number of rotatable bonds is 2. The van der Waals surface area contributed by atoms with Crippen molar-refractivity contribution in [2.45, 2.75) is 70.1 Å². The molecular weight excluding hydrogens is 364 g/mol. The maximum atomic E-state index is 5.12. The summed E-state index contributed by atoms with van der Waals surface area (Å²) in [6.07, 6.45) is 8.44. The second-order valence-electron chi connectivity index (χ2n) is 10.7. The van der Waals surface area contributed by atoms with Crippen molar-refractivity contribution in [2.24, 2.45) is 17.8 Å². The van der Waals surface area contributed by atoms with E-state index in [9.17, 15) is 0 Å². The Morgan fingerprint density at radius 3 is 2.11 bits per heavy atom. The van der Waals surface area contributed by atoms with E-state index in [0.29, 0.717) is 5.41 Å². The van der Waals surface area contributed by atoms with E-state index < -0.39 is 0 Å². The molecule has 2 aromatic heterocycles. The average molecular weight is 393 g/mol. The van der Waals surface area contributed by atoms with Crippen molar-refractivity contribution in [3.05, 3.63) is 34.8 Å². The second kappa shape index (κ2) is 5.65.